The molecule has 1 saturated carbocycles. The number of nitrogens with zero attached hydrogens (tertiary/aromatic N) is 1. The topological polar surface area (TPSA) is 72.8 Å². The predicted molar refractivity (Wildman–Crippen MR) is 131 cm³/mol. The molecule has 3 heterocycles. The fourth-order valence-corrected chi connectivity index (χ4v) is 6.07. The van der Waals surface area contributed by atoms with Gasteiger partial charge in [0.2, 0.25) is 0 Å². The smallest absolute Gasteiger partial charge is 0.162 e. The zero-order chi connectivity index (χ0) is 24.2. The lowest BCUT2D eigenvalue weighted by Gasteiger charge is -2.44. The molecule has 1 aliphatic carbocycles. The molecular weight excluding hydrogens is 442 g/mol. The minimum atomic E-state index is -1.16. The Balaban J connectivity index is 1.62. The number of rotatable bonds is 2. The minimum Gasteiger partial charge on any atom is -0.545 e. The van der Waals surface area contributed by atoms with E-state index < -0.39 is 17.2 Å². The van der Waals surface area contributed by atoms with Crippen molar-refractivity contribution in [1.29, 1.82) is 0 Å². The first-order valence-electron chi connectivity index (χ1n) is 12.7. The Labute approximate surface area is 205 Å². The van der Waals surface area contributed by atoms with Gasteiger partial charge in [-0.2, -0.15) is 0 Å². The molecule has 6 rings (SSSR count). The Morgan fingerprint density at radius 1 is 1.00 bits per heavy atom. The van der Waals surface area contributed by atoms with Crippen LogP contribution in [-0.2, 0) is 16.0 Å². The minimum absolute atomic E-state index is 0.200. The number of carbonyl (C=O) groups is 1. The Kier molecular flexibility index (Phi) is 5.42. The van der Waals surface area contributed by atoms with Crippen molar-refractivity contribution in [2.45, 2.75) is 64.2 Å². The molecule has 1 aromatic heterocycles. The maximum Gasteiger partial charge on any atom is 0.162 e. The van der Waals surface area contributed by atoms with Crippen molar-refractivity contribution in [3.63, 3.8) is 0 Å². The number of carboxylic acids is 1. The van der Waals surface area contributed by atoms with E-state index in [1.165, 1.54) is 24.8 Å². The molecule has 1 saturated heterocycles. The molecule has 0 atom stereocenters. The second-order valence-electron chi connectivity index (χ2n) is 11.0. The van der Waals surface area contributed by atoms with Gasteiger partial charge >= 0.3 is 0 Å². The number of aromatic nitrogens is 1. The van der Waals surface area contributed by atoms with Crippen LogP contribution in [-0.4, -0.2) is 36.1 Å². The summed E-state index contributed by atoms with van der Waals surface area (Å²) in [5.74, 6) is -0.519. The van der Waals surface area contributed by atoms with Gasteiger partial charge in [-0.3, -0.25) is 0 Å². The molecule has 1 spiro atoms. The van der Waals surface area contributed by atoms with Gasteiger partial charge in [0.1, 0.15) is 12.4 Å². The van der Waals surface area contributed by atoms with E-state index in [9.17, 15) is 9.90 Å². The van der Waals surface area contributed by atoms with Crippen LogP contribution >= 0.6 is 0 Å². The molecule has 2 aromatic carbocycles. The lowest BCUT2D eigenvalue weighted by atomic mass is 9.81. The fraction of sp³-hybridized carbons (Fsp3) is 0.483. The van der Waals surface area contributed by atoms with Crippen molar-refractivity contribution >= 4 is 16.9 Å². The molecule has 0 N–H and O–H groups in total. The highest BCUT2D eigenvalue weighted by Crippen LogP contribution is 2.48. The number of aromatic carboxylic acids is 1. The molecule has 2 aliphatic heterocycles. The van der Waals surface area contributed by atoms with Crippen LogP contribution in [0.2, 0.25) is 0 Å². The van der Waals surface area contributed by atoms with Gasteiger partial charge in [-0.1, -0.05) is 43.5 Å². The van der Waals surface area contributed by atoms with Crippen LogP contribution < -0.4 is 9.84 Å². The highest BCUT2D eigenvalue weighted by Gasteiger charge is 2.44. The maximum absolute atomic E-state index is 11.8. The highest BCUT2D eigenvalue weighted by atomic mass is 16.7. The van der Waals surface area contributed by atoms with E-state index in [1.807, 2.05) is 38.1 Å². The molecule has 0 amide bonds. The van der Waals surface area contributed by atoms with Crippen molar-refractivity contribution in [3.05, 3.63) is 53.6 Å². The number of carbonyl (C=O) groups excluding carboxylic acids is 1. The third-order valence-corrected chi connectivity index (χ3v) is 7.97. The largest absolute Gasteiger partial charge is 0.545 e. The second kappa shape index (κ2) is 8.38. The second-order valence-corrected chi connectivity index (χ2v) is 11.0. The number of para-hydroxylation sites is 1. The summed E-state index contributed by atoms with van der Waals surface area (Å²) in [7, 11) is 0. The van der Waals surface area contributed by atoms with Gasteiger partial charge in [-0.05, 0) is 61.9 Å². The van der Waals surface area contributed by atoms with Gasteiger partial charge < -0.3 is 28.7 Å². The Bertz CT molecular complexity index is 1270. The van der Waals surface area contributed by atoms with E-state index in [2.05, 4.69) is 10.6 Å². The Morgan fingerprint density at radius 2 is 1.74 bits per heavy atom. The number of hydrogen-bond acceptors (Lipinski definition) is 5. The zero-order valence-electron chi connectivity index (χ0n) is 20.5. The summed E-state index contributed by atoms with van der Waals surface area (Å²) < 4.78 is 21.1. The van der Waals surface area contributed by atoms with Gasteiger partial charge in [0.15, 0.2) is 5.79 Å². The number of hydrogen-bond donors (Lipinski definition) is 0. The van der Waals surface area contributed by atoms with E-state index in [-0.39, 0.29) is 5.56 Å². The van der Waals surface area contributed by atoms with E-state index in [0.717, 1.165) is 40.8 Å². The third kappa shape index (κ3) is 3.93. The summed E-state index contributed by atoms with van der Waals surface area (Å²) in [6.45, 7) is 5.94. The first-order valence-corrected chi connectivity index (χ1v) is 12.7. The summed E-state index contributed by atoms with van der Waals surface area (Å²) in [6.07, 6.45) is 5.98. The van der Waals surface area contributed by atoms with Crippen molar-refractivity contribution in [2.24, 2.45) is 5.41 Å². The molecule has 6 heteroatoms. The number of fused-ring (bicyclic) bond motifs is 5. The quantitative estimate of drug-likeness (QED) is 0.529. The first-order chi connectivity index (χ1) is 16.9. The summed E-state index contributed by atoms with van der Waals surface area (Å²) in [6, 6.07) is 13.7. The molecule has 0 bridgehead atoms. The van der Waals surface area contributed by atoms with Crippen molar-refractivity contribution in [3.8, 4) is 17.0 Å². The zero-order valence-corrected chi connectivity index (χ0v) is 20.5. The number of carboxylic acid groups (broad SMARTS) is 1. The molecular formula is C29H32NO5-. The lowest BCUT2D eigenvalue weighted by molar-refractivity contribution is -0.291. The lowest BCUT2D eigenvalue weighted by Crippen LogP contribution is -2.51. The highest BCUT2D eigenvalue weighted by molar-refractivity contribution is 5.98. The van der Waals surface area contributed by atoms with E-state index >= 15 is 0 Å². The molecule has 35 heavy (non-hydrogen) atoms. The van der Waals surface area contributed by atoms with Gasteiger partial charge in [-0.15, -0.1) is 0 Å². The maximum atomic E-state index is 11.8. The molecule has 2 fully saturated rings. The van der Waals surface area contributed by atoms with Crippen LogP contribution in [0.1, 0.15) is 67.8 Å². The van der Waals surface area contributed by atoms with Gasteiger partial charge in [0.25, 0.3) is 0 Å². The van der Waals surface area contributed by atoms with Gasteiger partial charge in [-0.25, -0.2) is 0 Å². The standard InChI is InChI=1S/C29H33NO5/c1-28(2)34-17-29(18-35-28)15-30-23-14-20(27(31)32)12-13-21(23)25(19-8-4-3-5-9-19)26(30)22-10-6-7-11-24(22)33-16-29/h6-7,10-14,19H,3-5,8-9,15-18H2,1-2H3,(H,31,32)/p-1. The first kappa shape index (κ1) is 22.6. The predicted octanol–water partition coefficient (Wildman–Crippen LogP) is 4.88. The Hall–Kier alpha value is -2.83. The van der Waals surface area contributed by atoms with Crippen LogP contribution in [0.15, 0.2) is 42.5 Å². The molecule has 6 nitrogen and oxygen atoms in total. The summed E-state index contributed by atoms with van der Waals surface area (Å²) in [5, 5.41) is 13.0. The average Bonchev–Trinajstić information content (AvgIpc) is 3.16. The monoisotopic (exact) mass is 474 g/mol. The molecule has 0 unspecified atom stereocenters. The SMILES string of the molecule is CC1(C)OCC2(COc3ccccc3-c3c(C4CCCCC4)c4ccc(C(=O)[O-])cc4n3C2)CO1. The molecule has 0 radical (unpaired) electrons. The third-order valence-electron chi connectivity index (χ3n) is 7.97. The number of benzene rings is 2. The fourth-order valence-electron chi connectivity index (χ4n) is 6.07. The van der Waals surface area contributed by atoms with Crippen molar-refractivity contribution in [2.75, 3.05) is 19.8 Å². The summed E-state index contributed by atoms with van der Waals surface area (Å²) in [5.41, 5.74) is 4.25. The Morgan fingerprint density at radius 3 is 2.49 bits per heavy atom. The van der Waals surface area contributed by atoms with E-state index in [0.29, 0.717) is 32.3 Å². The van der Waals surface area contributed by atoms with Crippen molar-refractivity contribution in [1.82, 2.24) is 4.57 Å². The number of ether oxygens (including phenoxy) is 3. The van der Waals surface area contributed by atoms with Gasteiger partial charge in [0.05, 0.1) is 30.3 Å². The van der Waals surface area contributed by atoms with Crippen LogP contribution in [0.3, 0.4) is 0 Å². The average molecular weight is 475 g/mol. The van der Waals surface area contributed by atoms with Crippen LogP contribution in [0, 0.1) is 5.41 Å². The molecule has 3 aliphatic rings. The summed E-state index contributed by atoms with van der Waals surface area (Å²) in [4.78, 5) is 11.8. The van der Waals surface area contributed by atoms with Crippen LogP contribution in [0.5, 0.6) is 5.75 Å². The van der Waals surface area contributed by atoms with Crippen LogP contribution in [0.25, 0.3) is 22.2 Å². The van der Waals surface area contributed by atoms with E-state index in [1.54, 1.807) is 12.1 Å². The summed E-state index contributed by atoms with van der Waals surface area (Å²) >= 11 is 0. The normalized spacial score (nSPS) is 21.5. The van der Waals surface area contributed by atoms with Crippen LogP contribution in [0.4, 0.5) is 0 Å². The molecule has 3 aromatic rings. The van der Waals surface area contributed by atoms with Gasteiger partial charge in [0, 0.05) is 23.0 Å². The molecule has 184 valence electrons. The van der Waals surface area contributed by atoms with E-state index in [4.69, 9.17) is 14.2 Å². The van der Waals surface area contributed by atoms with Crippen molar-refractivity contribution < 1.29 is 24.1 Å².